The van der Waals surface area contributed by atoms with Gasteiger partial charge in [-0.25, -0.2) is 25.3 Å². The monoisotopic (exact) mass is 310 g/mol. The summed E-state index contributed by atoms with van der Waals surface area (Å²) < 4.78 is 67.5. The Morgan fingerprint density at radius 3 is 1.44 bits per heavy atom. The fourth-order valence-corrected chi connectivity index (χ4v) is 5.19. The summed E-state index contributed by atoms with van der Waals surface area (Å²) in [4.78, 5) is 0. The summed E-state index contributed by atoms with van der Waals surface area (Å²) in [6, 6.07) is 0. The van der Waals surface area contributed by atoms with Crippen molar-refractivity contribution in [1.82, 2.24) is 8.43 Å². The van der Waals surface area contributed by atoms with Crippen LogP contribution in [-0.4, -0.2) is 52.8 Å². The van der Waals surface area contributed by atoms with Gasteiger partial charge < -0.3 is 0 Å². The van der Waals surface area contributed by atoms with Crippen molar-refractivity contribution in [1.29, 1.82) is 0 Å². The molecule has 0 amide bonds. The number of thiocarbonyl (C=S) groups is 1. The van der Waals surface area contributed by atoms with Crippen molar-refractivity contribution in [2.45, 2.75) is 0 Å². The number of rotatable bonds is 3. The third-order valence-corrected chi connectivity index (χ3v) is 5.44. The molecule has 0 aromatic heterocycles. The van der Waals surface area contributed by atoms with Crippen LogP contribution in [0.3, 0.4) is 0 Å². The topological polar surface area (TPSA) is 118 Å². The highest BCUT2D eigenvalue weighted by Gasteiger charge is 2.30. The van der Waals surface area contributed by atoms with Crippen molar-refractivity contribution in [2.75, 3.05) is 18.8 Å². The standard InChI is InChI=1S/C4H10N2O6S4/c1-14(7,8)5-4(13)6(15(2,9)10)16(3,11)12/h1-3H3,(H,5,13). The first-order valence-corrected chi connectivity index (χ1v) is 9.47. The number of hydrogen-bond acceptors (Lipinski definition) is 7. The highest BCUT2D eigenvalue weighted by molar-refractivity contribution is 8.05. The minimum absolute atomic E-state index is 0.170. The molecule has 0 aliphatic heterocycles. The molecule has 0 bridgehead atoms. The molecular weight excluding hydrogens is 300 g/mol. The van der Waals surface area contributed by atoms with Gasteiger partial charge in [-0.05, 0) is 12.2 Å². The molecule has 0 aromatic carbocycles. The second-order valence-electron chi connectivity index (χ2n) is 2.90. The Kier molecular flexibility index (Phi) is 4.30. The van der Waals surface area contributed by atoms with Crippen LogP contribution in [-0.2, 0) is 30.1 Å². The predicted octanol–water partition coefficient (Wildman–Crippen LogP) is -1.96. The molecule has 0 unspecified atom stereocenters. The molecule has 0 spiro atoms. The highest BCUT2D eigenvalue weighted by atomic mass is 32.3. The molecular formula is C4H10N2O6S4. The van der Waals surface area contributed by atoms with Gasteiger partial charge in [0.2, 0.25) is 35.2 Å². The molecule has 0 saturated carbocycles. The van der Waals surface area contributed by atoms with Crippen LogP contribution < -0.4 is 4.72 Å². The molecule has 0 atom stereocenters. The van der Waals surface area contributed by atoms with Gasteiger partial charge in [-0.3, -0.25) is 4.72 Å². The van der Waals surface area contributed by atoms with E-state index in [4.69, 9.17) is 0 Å². The van der Waals surface area contributed by atoms with Gasteiger partial charge in [0.05, 0.1) is 18.8 Å². The van der Waals surface area contributed by atoms with E-state index in [0.29, 0.717) is 18.8 Å². The maximum atomic E-state index is 11.1. The van der Waals surface area contributed by atoms with Crippen LogP contribution in [0.4, 0.5) is 0 Å². The predicted molar refractivity (Wildman–Crippen MR) is 62.1 cm³/mol. The normalized spacial score (nSPS) is 13.2. The Hall–Kier alpha value is -0.460. The van der Waals surface area contributed by atoms with Crippen LogP contribution in [0.15, 0.2) is 0 Å². The van der Waals surface area contributed by atoms with Crippen LogP contribution >= 0.6 is 12.2 Å². The fraction of sp³-hybridized carbons (Fsp3) is 0.750. The van der Waals surface area contributed by atoms with Gasteiger partial charge in [-0.15, -0.1) is 3.71 Å². The van der Waals surface area contributed by atoms with Gasteiger partial charge in [0, 0.05) is 0 Å². The Labute approximate surface area is 99.8 Å². The minimum Gasteiger partial charge on any atom is -0.258 e. The van der Waals surface area contributed by atoms with Crippen molar-refractivity contribution in [3.63, 3.8) is 0 Å². The van der Waals surface area contributed by atoms with E-state index in [1.54, 1.807) is 4.72 Å². The number of nitrogens with one attached hydrogen (secondary N) is 1. The zero-order chi connectivity index (χ0) is 13.4. The van der Waals surface area contributed by atoms with E-state index < -0.39 is 35.2 Å². The molecule has 12 heteroatoms. The lowest BCUT2D eigenvalue weighted by Crippen LogP contribution is -2.47. The zero-order valence-corrected chi connectivity index (χ0v) is 11.8. The maximum Gasteiger partial charge on any atom is 0.247 e. The zero-order valence-electron chi connectivity index (χ0n) is 8.53. The number of sulfonamides is 3. The lowest BCUT2D eigenvalue weighted by atomic mass is 11.2. The lowest BCUT2D eigenvalue weighted by molar-refractivity contribution is 0.553. The van der Waals surface area contributed by atoms with Gasteiger partial charge in [-0.2, -0.15) is 0 Å². The Bertz CT molecular complexity index is 552. The van der Waals surface area contributed by atoms with Crippen LogP contribution in [0.5, 0.6) is 0 Å². The van der Waals surface area contributed by atoms with Gasteiger partial charge in [0.1, 0.15) is 0 Å². The van der Waals surface area contributed by atoms with Gasteiger partial charge >= 0.3 is 0 Å². The Morgan fingerprint density at radius 1 is 0.938 bits per heavy atom. The van der Waals surface area contributed by atoms with E-state index in [2.05, 4.69) is 12.2 Å². The van der Waals surface area contributed by atoms with Gasteiger partial charge in [-0.1, -0.05) is 0 Å². The molecule has 1 N–H and O–H groups in total. The molecule has 0 rings (SSSR count). The van der Waals surface area contributed by atoms with E-state index in [9.17, 15) is 25.3 Å². The summed E-state index contributed by atoms with van der Waals surface area (Å²) in [6.45, 7) is 0. The van der Waals surface area contributed by atoms with E-state index in [1.165, 1.54) is 0 Å². The summed E-state index contributed by atoms with van der Waals surface area (Å²) in [6.07, 6.45) is 1.89. The largest absolute Gasteiger partial charge is 0.258 e. The average molecular weight is 310 g/mol. The van der Waals surface area contributed by atoms with Crippen molar-refractivity contribution < 1.29 is 25.3 Å². The fourth-order valence-electron chi connectivity index (χ4n) is 0.743. The highest BCUT2D eigenvalue weighted by Crippen LogP contribution is 2.06. The van der Waals surface area contributed by atoms with Crippen molar-refractivity contribution in [3.05, 3.63) is 0 Å². The first-order chi connectivity index (χ1) is 6.75. The number of hydrogen-bond donors (Lipinski definition) is 1. The molecule has 96 valence electrons. The molecule has 0 aromatic rings. The average Bonchev–Trinajstić information content (AvgIpc) is 1.70. The first-order valence-electron chi connectivity index (χ1n) is 3.47. The Morgan fingerprint density at radius 2 is 1.25 bits per heavy atom. The van der Waals surface area contributed by atoms with Gasteiger partial charge in [0.25, 0.3) is 0 Å². The molecule has 0 heterocycles. The van der Waals surface area contributed by atoms with Crippen LogP contribution in [0.25, 0.3) is 0 Å². The first kappa shape index (κ1) is 15.5. The number of nitrogens with zero attached hydrogens (tertiary/aromatic N) is 1. The maximum absolute atomic E-state index is 11.1. The lowest BCUT2D eigenvalue weighted by Gasteiger charge is -2.19. The molecule has 8 nitrogen and oxygen atoms in total. The third-order valence-electron chi connectivity index (χ3n) is 1.04. The molecule has 16 heavy (non-hydrogen) atoms. The minimum atomic E-state index is -4.22. The second-order valence-corrected chi connectivity index (χ2v) is 8.93. The van der Waals surface area contributed by atoms with Crippen LogP contribution in [0.2, 0.25) is 0 Å². The smallest absolute Gasteiger partial charge is 0.247 e. The van der Waals surface area contributed by atoms with Crippen LogP contribution in [0, 0.1) is 0 Å². The van der Waals surface area contributed by atoms with Crippen molar-refractivity contribution in [3.8, 4) is 0 Å². The third kappa shape index (κ3) is 5.05. The molecule has 0 fully saturated rings. The van der Waals surface area contributed by atoms with E-state index in [1.807, 2.05) is 0 Å². The molecule has 0 aliphatic carbocycles. The quantitative estimate of drug-likeness (QED) is 0.601. The molecule has 0 radical (unpaired) electrons. The summed E-state index contributed by atoms with van der Waals surface area (Å²) in [5.41, 5.74) is 0. The Balaban J connectivity index is 5.53. The summed E-state index contributed by atoms with van der Waals surface area (Å²) >= 11 is 4.40. The van der Waals surface area contributed by atoms with Crippen molar-refractivity contribution >= 4 is 47.4 Å². The van der Waals surface area contributed by atoms with E-state index in [-0.39, 0.29) is 3.71 Å². The summed E-state index contributed by atoms with van der Waals surface area (Å²) in [7, 11) is -12.3. The summed E-state index contributed by atoms with van der Waals surface area (Å²) in [5, 5.41) is -0.937. The second kappa shape index (κ2) is 4.43. The van der Waals surface area contributed by atoms with Crippen molar-refractivity contribution in [2.24, 2.45) is 0 Å². The van der Waals surface area contributed by atoms with E-state index >= 15 is 0 Å². The molecule has 0 saturated heterocycles. The SMILES string of the molecule is CS(=O)(=O)NC(=S)N(S(C)(=O)=O)S(C)(=O)=O. The van der Waals surface area contributed by atoms with Gasteiger partial charge in [0.15, 0.2) is 0 Å². The van der Waals surface area contributed by atoms with E-state index in [0.717, 1.165) is 0 Å². The summed E-state index contributed by atoms with van der Waals surface area (Å²) in [5.74, 6) is 0. The van der Waals surface area contributed by atoms with Crippen LogP contribution in [0.1, 0.15) is 0 Å². The molecule has 0 aliphatic rings.